The van der Waals surface area contributed by atoms with Crippen molar-refractivity contribution in [3.8, 4) is 0 Å². The minimum Gasteiger partial charge on any atom is -0.353 e. The zero-order valence-electron chi connectivity index (χ0n) is 11.7. The number of hydrogen-bond acceptors (Lipinski definition) is 3. The van der Waals surface area contributed by atoms with Crippen molar-refractivity contribution in [1.29, 1.82) is 0 Å². The van der Waals surface area contributed by atoms with Crippen LogP contribution < -0.4 is 5.73 Å². The van der Waals surface area contributed by atoms with Crippen molar-refractivity contribution in [2.75, 3.05) is 13.2 Å². The molecule has 0 aliphatic heterocycles. The molecule has 1 fully saturated rings. The highest BCUT2D eigenvalue weighted by Crippen LogP contribution is 2.42. The monoisotopic (exact) mass is 243 g/mol. The van der Waals surface area contributed by atoms with Crippen molar-refractivity contribution >= 4 is 0 Å². The highest BCUT2D eigenvalue weighted by Gasteiger charge is 2.38. The van der Waals surface area contributed by atoms with Crippen molar-refractivity contribution in [2.45, 2.75) is 71.6 Å². The molecule has 0 aromatic rings. The lowest BCUT2D eigenvalue weighted by molar-refractivity contribution is -0.161. The SMILES string of the molecule is CCOC(CC1(C(C)N)CCCCC1)OCC. The average Bonchev–Trinajstić information content (AvgIpc) is 2.30. The molecule has 0 aromatic heterocycles. The van der Waals surface area contributed by atoms with Crippen molar-refractivity contribution in [2.24, 2.45) is 11.1 Å². The Morgan fingerprint density at radius 3 is 2.00 bits per heavy atom. The standard InChI is InChI=1S/C14H29NO2/c1-4-16-13(17-5-2)11-14(12(3)15)9-7-6-8-10-14/h12-13H,4-11,15H2,1-3H3. The second kappa shape index (κ2) is 7.34. The normalized spacial score (nSPS) is 21.7. The Balaban J connectivity index is 2.62. The van der Waals surface area contributed by atoms with Gasteiger partial charge >= 0.3 is 0 Å². The largest absolute Gasteiger partial charge is 0.353 e. The lowest BCUT2D eigenvalue weighted by atomic mass is 9.67. The van der Waals surface area contributed by atoms with E-state index in [-0.39, 0.29) is 17.7 Å². The fourth-order valence-electron chi connectivity index (χ4n) is 2.97. The number of hydrogen-bond donors (Lipinski definition) is 1. The molecule has 0 amide bonds. The Labute approximate surface area is 106 Å². The first-order valence-corrected chi connectivity index (χ1v) is 7.13. The molecule has 0 radical (unpaired) electrons. The summed E-state index contributed by atoms with van der Waals surface area (Å²) in [6.07, 6.45) is 7.27. The Morgan fingerprint density at radius 1 is 1.06 bits per heavy atom. The predicted molar refractivity (Wildman–Crippen MR) is 70.8 cm³/mol. The number of rotatable bonds is 7. The Kier molecular flexibility index (Phi) is 6.45. The second-order valence-electron chi connectivity index (χ2n) is 5.26. The van der Waals surface area contributed by atoms with Gasteiger partial charge in [0.2, 0.25) is 0 Å². The van der Waals surface area contributed by atoms with Crippen LogP contribution in [0.5, 0.6) is 0 Å². The summed E-state index contributed by atoms with van der Waals surface area (Å²) in [7, 11) is 0. The van der Waals surface area contributed by atoms with Gasteiger partial charge in [0.05, 0.1) is 0 Å². The van der Waals surface area contributed by atoms with Crippen molar-refractivity contribution in [3.63, 3.8) is 0 Å². The first-order chi connectivity index (χ1) is 8.14. The van der Waals surface area contributed by atoms with Crippen LogP contribution in [0, 0.1) is 5.41 Å². The second-order valence-corrected chi connectivity index (χ2v) is 5.26. The van der Waals surface area contributed by atoms with Crippen LogP contribution >= 0.6 is 0 Å². The number of ether oxygens (including phenoxy) is 2. The van der Waals surface area contributed by atoms with Gasteiger partial charge in [-0.1, -0.05) is 19.3 Å². The maximum absolute atomic E-state index is 6.23. The van der Waals surface area contributed by atoms with Crippen molar-refractivity contribution in [1.82, 2.24) is 0 Å². The molecule has 0 saturated heterocycles. The summed E-state index contributed by atoms with van der Waals surface area (Å²) in [6.45, 7) is 7.59. The summed E-state index contributed by atoms with van der Waals surface area (Å²) in [5.74, 6) is 0. The summed E-state index contributed by atoms with van der Waals surface area (Å²) in [6, 6.07) is 0.228. The Bertz CT molecular complexity index is 194. The van der Waals surface area contributed by atoms with E-state index in [1.165, 1.54) is 32.1 Å². The van der Waals surface area contributed by atoms with Gasteiger partial charge < -0.3 is 15.2 Å². The lowest BCUT2D eigenvalue weighted by Gasteiger charge is -2.42. The molecule has 0 heterocycles. The van der Waals surface area contributed by atoms with Crippen LogP contribution in [0.25, 0.3) is 0 Å². The van der Waals surface area contributed by atoms with E-state index < -0.39 is 0 Å². The zero-order valence-corrected chi connectivity index (χ0v) is 11.7. The van der Waals surface area contributed by atoms with Crippen LogP contribution in [0.3, 0.4) is 0 Å². The molecular weight excluding hydrogens is 214 g/mol. The quantitative estimate of drug-likeness (QED) is 0.699. The van der Waals surface area contributed by atoms with Gasteiger partial charge in [0.1, 0.15) is 0 Å². The van der Waals surface area contributed by atoms with Crippen LogP contribution in [0.15, 0.2) is 0 Å². The van der Waals surface area contributed by atoms with Gasteiger partial charge in [-0.3, -0.25) is 0 Å². The predicted octanol–water partition coefficient (Wildman–Crippen LogP) is 3.07. The number of nitrogens with two attached hydrogens (primary N) is 1. The van der Waals surface area contributed by atoms with Gasteiger partial charge in [-0.05, 0) is 39.0 Å². The van der Waals surface area contributed by atoms with Gasteiger partial charge in [-0.2, -0.15) is 0 Å². The van der Waals surface area contributed by atoms with Crippen LogP contribution in [-0.2, 0) is 9.47 Å². The van der Waals surface area contributed by atoms with E-state index in [0.29, 0.717) is 13.2 Å². The molecule has 0 spiro atoms. The maximum atomic E-state index is 6.23. The van der Waals surface area contributed by atoms with Crippen LogP contribution in [0.4, 0.5) is 0 Å². The van der Waals surface area contributed by atoms with Crippen LogP contribution in [0.1, 0.15) is 59.3 Å². The topological polar surface area (TPSA) is 44.5 Å². The van der Waals surface area contributed by atoms with E-state index >= 15 is 0 Å². The highest BCUT2D eigenvalue weighted by molar-refractivity contribution is 4.90. The molecule has 1 atom stereocenters. The molecule has 3 heteroatoms. The molecular formula is C14H29NO2. The molecule has 1 unspecified atom stereocenters. The molecule has 102 valence electrons. The summed E-state index contributed by atoms with van der Waals surface area (Å²) >= 11 is 0. The summed E-state index contributed by atoms with van der Waals surface area (Å²) in [5.41, 5.74) is 6.46. The van der Waals surface area contributed by atoms with Gasteiger partial charge in [-0.15, -0.1) is 0 Å². The third-order valence-electron chi connectivity index (χ3n) is 4.09. The van der Waals surface area contributed by atoms with E-state index in [2.05, 4.69) is 6.92 Å². The average molecular weight is 243 g/mol. The van der Waals surface area contributed by atoms with Gasteiger partial charge in [0.15, 0.2) is 6.29 Å². The molecule has 3 nitrogen and oxygen atoms in total. The molecule has 1 aliphatic rings. The van der Waals surface area contributed by atoms with Crippen molar-refractivity contribution < 1.29 is 9.47 Å². The Morgan fingerprint density at radius 2 is 1.59 bits per heavy atom. The molecule has 1 saturated carbocycles. The highest BCUT2D eigenvalue weighted by atomic mass is 16.7. The fraction of sp³-hybridized carbons (Fsp3) is 1.00. The van der Waals surface area contributed by atoms with E-state index in [0.717, 1.165) is 6.42 Å². The van der Waals surface area contributed by atoms with E-state index in [1.54, 1.807) is 0 Å². The molecule has 17 heavy (non-hydrogen) atoms. The van der Waals surface area contributed by atoms with Crippen LogP contribution in [-0.4, -0.2) is 25.5 Å². The van der Waals surface area contributed by atoms with E-state index in [1.807, 2.05) is 13.8 Å². The lowest BCUT2D eigenvalue weighted by Crippen LogP contribution is -2.44. The molecule has 0 aromatic carbocycles. The molecule has 1 aliphatic carbocycles. The summed E-state index contributed by atoms with van der Waals surface area (Å²) in [4.78, 5) is 0. The van der Waals surface area contributed by atoms with Gasteiger partial charge in [-0.25, -0.2) is 0 Å². The smallest absolute Gasteiger partial charge is 0.158 e. The minimum absolute atomic E-state index is 0.0749. The summed E-state index contributed by atoms with van der Waals surface area (Å²) < 4.78 is 11.4. The first-order valence-electron chi connectivity index (χ1n) is 7.13. The zero-order chi connectivity index (χ0) is 12.7. The van der Waals surface area contributed by atoms with Gasteiger partial charge in [0, 0.05) is 25.7 Å². The van der Waals surface area contributed by atoms with Gasteiger partial charge in [0.25, 0.3) is 0 Å². The third-order valence-corrected chi connectivity index (χ3v) is 4.09. The van der Waals surface area contributed by atoms with Crippen molar-refractivity contribution in [3.05, 3.63) is 0 Å². The Hall–Kier alpha value is -0.120. The first kappa shape index (κ1) is 14.9. The minimum atomic E-state index is -0.0749. The van der Waals surface area contributed by atoms with E-state index in [4.69, 9.17) is 15.2 Å². The maximum Gasteiger partial charge on any atom is 0.158 e. The van der Waals surface area contributed by atoms with Crippen LogP contribution in [0.2, 0.25) is 0 Å². The van der Waals surface area contributed by atoms with E-state index in [9.17, 15) is 0 Å². The summed E-state index contributed by atoms with van der Waals surface area (Å²) in [5, 5.41) is 0. The third kappa shape index (κ3) is 4.23. The fourth-order valence-corrected chi connectivity index (χ4v) is 2.97. The molecule has 2 N–H and O–H groups in total. The molecule has 1 rings (SSSR count). The molecule has 0 bridgehead atoms.